The Labute approximate surface area is 400 Å². The predicted molar refractivity (Wildman–Crippen MR) is 256 cm³/mol. The van der Waals surface area contributed by atoms with Crippen LogP contribution in [-0.4, -0.2) is 122 Å². The smallest absolute Gasteiger partial charge is 0.236 e. The van der Waals surface area contributed by atoms with E-state index in [1.165, 1.54) is 36.5 Å². The molecule has 4 aliphatic rings. The molecule has 0 bridgehead atoms. The van der Waals surface area contributed by atoms with Crippen LogP contribution in [-0.2, 0) is 30.8 Å². The standard InChI is InChI=1S/C47H52BrF3N10O6S/c1-4-27-21-38(54-47-52-25-33(48)44(56-47)53-37-7-6-34(49)31-12-16-61(43(31)37)68(3,65)66)40(67-2)24-39(27)58-14-10-29(11-15-58)57-17-19-59(20-18-57)46(64)28-9-13-60(26-28)30-22-35(50)42(36(51)23-30)32-5-8-41(62)55-45(32)63/h6-7,12,16,21-25,28-29,32H,4-5,8-11,13-15,17-20,26H2,1-3H3,(H,55,62,63)(H2,52,53,54,56). The third-order valence-corrected chi connectivity index (χ3v) is 15.2. The molecule has 6 heterocycles. The molecule has 4 fully saturated rings. The van der Waals surface area contributed by atoms with E-state index < -0.39 is 45.2 Å². The number of aryl methyl sites for hydroxylation is 1. The molecule has 2 unspecified atom stereocenters. The van der Waals surface area contributed by atoms with Gasteiger partial charge in [-0.25, -0.2) is 30.5 Å². The maximum absolute atomic E-state index is 15.3. The zero-order chi connectivity index (χ0) is 48.0. The Balaban J connectivity index is 0.794. The number of anilines is 6. The molecule has 0 saturated carbocycles. The van der Waals surface area contributed by atoms with Crippen molar-refractivity contribution in [2.24, 2.45) is 5.92 Å². The number of carbonyl (C=O) groups excluding carboxylic acids is 3. The van der Waals surface area contributed by atoms with Gasteiger partial charge < -0.3 is 30.1 Å². The largest absolute Gasteiger partial charge is 0.494 e. The van der Waals surface area contributed by atoms with Gasteiger partial charge in [0.1, 0.15) is 29.0 Å². The first-order valence-corrected chi connectivity index (χ1v) is 25.4. The van der Waals surface area contributed by atoms with Gasteiger partial charge in [-0.3, -0.25) is 24.6 Å². The molecule has 3 aromatic carbocycles. The topological polar surface area (TPSA) is 174 Å². The van der Waals surface area contributed by atoms with Crippen molar-refractivity contribution in [3.05, 3.63) is 87.9 Å². The number of benzene rings is 3. The number of carbonyl (C=O) groups is 3. The third kappa shape index (κ3) is 9.43. The minimum Gasteiger partial charge on any atom is -0.494 e. The normalized spacial score (nSPS) is 19.7. The number of imide groups is 1. The lowest BCUT2D eigenvalue weighted by Crippen LogP contribution is -2.55. The van der Waals surface area contributed by atoms with Gasteiger partial charge >= 0.3 is 0 Å². The number of amides is 3. The number of aromatic nitrogens is 3. The van der Waals surface area contributed by atoms with Crippen LogP contribution in [0.4, 0.5) is 47.7 Å². The van der Waals surface area contributed by atoms with E-state index in [2.05, 4.69) is 58.6 Å². The number of ether oxygens (including phenoxy) is 1. The van der Waals surface area contributed by atoms with E-state index in [1.807, 2.05) is 21.9 Å². The first kappa shape index (κ1) is 47.1. The number of methoxy groups -OCH3 is 1. The van der Waals surface area contributed by atoms with Gasteiger partial charge in [0.15, 0.2) is 0 Å². The van der Waals surface area contributed by atoms with Crippen LogP contribution in [0.25, 0.3) is 10.9 Å². The molecule has 3 N–H and O–H groups in total. The maximum Gasteiger partial charge on any atom is 0.236 e. The minimum absolute atomic E-state index is 0.0172. The fourth-order valence-corrected chi connectivity index (χ4v) is 11.2. The molecule has 0 aliphatic carbocycles. The number of rotatable bonds is 12. The second kappa shape index (κ2) is 19.2. The summed E-state index contributed by atoms with van der Waals surface area (Å²) in [7, 11) is -2.13. The van der Waals surface area contributed by atoms with E-state index in [9.17, 15) is 27.2 Å². The number of piperidine rings is 2. The fourth-order valence-electron chi connectivity index (χ4n) is 10.1. The summed E-state index contributed by atoms with van der Waals surface area (Å²) in [5, 5.41) is 8.75. The molecule has 5 aromatic rings. The Morgan fingerprint density at radius 2 is 1.62 bits per heavy atom. The zero-order valence-electron chi connectivity index (χ0n) is 37.8. The quantitative estimate of drug-likeness (QED) is 0.114. The molecule has 9 rings (SSSR count). The summed E-state index contributed by atoms with van der Waals surface area (Å²) in [6.07, 6.45) is 7.21. The summed E-state index contributed by atoms with van der Waals surface area (Å²) in [4.78, 5) is 55.4. The molecule has 4 saturated heterocycles. The summed E-state index contributed by atoms with van der Waals surface area (Å²) in [5.41, 5.74) is 3.34. The number of halogens is 4. The van der Waals surface area contributed by atoms with E-state index in [-0.39, 0.29) is 47.1 Å². The number of nitrogens with zero attached hydrogens (tertiary/aromatic N) is 7. The summed E-state index contributed by atoms with van der Waals surface area (Å²) in [6.45, 7) is 7.34. The van der Waals surface area contributed by atoms with Crippen molar-refractivity contribution in [3.63, 3.8) is 0 Å². The number of piperazine rings is 1. The van der Waals surface area contributed by atoms with Gasteiger partial charge in [0.25, 0.3) is 0 Å². The van der Waals surface area contributed by atoms with E-state index in [1.54, 1.807) is 13.3 Å². The Morgan fingerprint density at radius 3 is 2.29 bits per heavy atom. The molecule has 68 heavy (non-hydrogen) atoms. The molecule has 4 aliphatic heterocycles. The average Bonchev–Trinajstić information content (AvgIpc) is 4.02. The van der Waals surface area contributed by atoms with Gasteiger partial charge in [-0.05, 0) is 90.0 Å². The first-order chi connectivity index (χ1) is 32.6. The average molecular weight is 1020 g/mol. The Bertz CT molecular complexity index is 2880. The monoisotopic (exact) mass is 1020 g/mol. The van der Waals surface area contributed by atoms with Gasteiger partial charge in [-0.1, -0.05) is 6.92 Å². The highest BCUT2D eigenvalue weighted by Crippen LogP contribution is 2.39. The van der Waals surface area contributed by atoms with E-state index in [0.717, 1.165) is 66.9 Å². The van der Waals surface area contributed by atoms with Crippen LogP contribution in [0.2, 0.25) is 0 Å². The van der Waals surface area contributed by atoms with Crippen molar-refractivity contribution >= 4 is 89.1 Å². The lowest BCUT2D eigenvalue weighted by molar-refractivity contribution is -0.137. The fraction of sp³-hybridized carbons (Fsp3) is 0.426. The van der Waals surface area contributed by atoms with Gasteiger partial charge in [-0.15, -0.1) is 0 Å². The molecule has 0 radical (unpaired) electrons. The molecule has 2 aromatic heterocycles. The van der Waals surface area contributed by atoms with Crippen LogP contribution in [0.5, 0.6) is 5.75 Å². The van der Waals surface area contributed by atoms with Gasteiger partial charge in [0.05, 0.1) is 46.6 Å². The summed E-state index contributed by atoms with van der Waals surface area (Å²) >= 11 is 3.48. The Kier molecular flexibility index (Phi) is 13.3. The van der Waals surface area contributed by atoms with Crippen molar-refractivity contribution in [1.82, 2.24) is 29.1 Å². The zero-order valence-corrected chi connectivity index (χ0v) is 40.2. The van der Waals surface area contributed by atoms with Crippen molar-refractivity contribution in [2.45, 2.75) is 57.4 Å². The van der Waals surface area contributed by atoms with Crippen molar-refractivity contribution in [2.75, 3.05) is 86.2 Å². The highest BCUT2D eigenvalue weighted by atomic mass is 79.9. The van der Waals surface area contributed by atoms with Crippen LogP contribution < -0.4 is 30.5 Å². The van der Waals surface area contributed by atoms with Crippen LogP contribution in [0.15, 0.2) is 59.3 Å². The molecular formula is C47H52BrF3N10O6S. The van der Waals surface area contributed by atoms with Crippen LogP contribution in [0.3, 0.4) is 0 Å². The molecule has 16 nitrogen and oxygen atoms in total. The minimum atomic E-state index is -3.74. The lowest BCUT2D eigenvalue weighted by Gasteiger charge is -2.44. The second-order valence-electron chi connectivity index (χ2n) is 17.7. The third-order valence-electron chi connectivity index (χ3n) is 13.6. The van der Waals surface area contributed by atoms with Crippen molar-refractivity contribution < 1.29 is 40.7 Å². The van der Waals surface area contributed by atoms with Crippen LogP contribution in [0, 0.1) is 23.4 Å². The molecule has 3 amide bonds. The summed E-state index contributed by atoms with van der Waals surface area (Å²) < 4.78 is 77.8. The van der Waals surface area contributed by atoms with Crippen molar-refractivity contribution in [1.29, 1.82) is 0 Å². The lowest BCUT2D eigenvalue weighted by atomic mass is 9.89. The van der Waals surface area contributed by atoms with Gasteiger partial charge in [0, 0.05) is 106 Å². The Morgan fingerprint density at radius 1 is 0.897 bits per heavy atom. The molecule has 21 heteroatoms. The van der Waals surface area contributed by atoms with Crippen LogP contribution >= 0.6 is 15.9 Å². The molecule has 0 spiro atoms. The van der Waals surface area contributed by atoms with E-state index in [0.29, 0.717) is 71.7 Å². The van der Waals surface area contributed by atoms with Crippen molar-refractivity contribution in [3.8, 4) is 5.75 Å². The summed E-state index contributed by atoms with van der Waals surface area (Å²) in [5.74, 6) is -3.51. The van der Waals surface area contributed by atoms with E-state index >= 15 is 8.78 Å². The first-order valence-electron chi connectivity index (χ1n) is 22.7. The number of hydrogen-bond acceptors (Lipinski definition) is 13. The van der Waals surface area contributed by atoms with Gasteiger partial charge in [-0.2, -0.15) is 4.98 Å². The predicted octanol–water partition coefficient (Wildman–Crippen LogP) is 6.64. The van der Waals surface area contributed by atoms with Crippen LogP contribution in [0.1, 0.15) is 56.1 Å². The second-order valence-corrected chi connectivity index (χ2v) is 20.5. The highest BCUT2D eigenvalue weighted by Gasteiger charge is 2.37. The number of nitrogens with one attached hydrogen (secondary N) is 3. The molecule has 360 valence electrons. The Hall–Kier alpha value is -5.93. The number of fused-ring (bicyclic) bond motifs is 1. The highest BCUT2D eigenvalue weighted by molar-refractivity contribution is 9.10. The van der Waals surface area contributed by atoms with Gasteiger partial charge in [0.2, 0.25) is 33.7 Å². The molecule has 2 atom stereocenters. The van der Waals surface area contributed by atoms with E-state index in [4.69, 9.17) is 4.74 Å². The maximum atomic E-state index is 15.3. The SMILES string of the molecule is CCc1cc(Nc2ncc(Br)c(Nc3ccc(F)c4ccn(S(C)(=O)=O)c34)n2)c(OC)cc1N1CCC(N2CCN(C(=O)C3CCN(c4cc(F)c(C5CCC(=O)NC5=O)c(F)c4)C3)CC2)CC1. The summed E-state index contributed by atoms with van der Waals surface area (Å²) in [6, 6.07) is 11.0. The number of hydrogen-bond donors (Lipinski definition) is 3. The molecular weight excluding hydrogens is 970 g/mol.